The number of halogens is 1. The van der Waals surface area contributed by atoms with Gasteiger partial charge in [-0.05, 0) is 12.8 Å². The van der Waals surface area contributed by atoms with Gasteiger partial charge < -0.3 is 9.47 Å². The molecule has 0 saturated carbocycles. The third-order valence-electron chi connectivity index (χ3n) is 2.57. The van der Waals surface area contributed by atoms with Gasteiger partial charge in [-0.2, -0.15) is 4.98 Å². The summed E-state index contributed by atoms with van der Waals surface area (Å²) in [6, 6.07) is 1.47. The molecule has 1 N–H and O–H groups in total. The molecule has 2 rings (SSSR count). The molecule has 0 bridgehead atoms. The maximum Gasteiger partial charge on any atom is 0.234 e. The Labute approximate surface area is 110 Å². The molecule has 2 heterocycles. The number of rotatable bonds is 4. The number of nitrogens with zero attached hydrogens (tertiary/aromatic N) is 2. The smallest absolute Gasteiger partial charge is 0.234 e. The van der Waals surface area contributed by atoms with Crippen molar-refractivity contribution in [2.45, 2.75) is 25.4 Å². The Morgan fingerprint density at radius 3 is 3.17 bits per heavy atom. The highest BCUT2D eigenvalue weighted by molar-refractivity contribution is 6.29. The summed E-state index contributed by atoms with van der Waals surface area (Å²) in [4.78, 5) is 19.6. The molecule has 1 amide bonds. The minimum Gasteiger partial charge on any atom is -0.481 e. The fraction of sp³-hybridized carbons (Fsp3) is 0.545. The first-order valence-corrected chi connectivity index (χ1v) is 6.05. The molecule has 98 valence electrons. The highest BCUT2D eigenvalue weighted by Gasteiger charge is 2.19. The molecule has 1 aliphatic rings. The van der Waals surface area contributed by atoms with E-state index in [2.05, 4.69) is 15.3 Å². The predicted molar refractivity (Wildman–Crippen MR) is 65.8 cm³/mol. The monoisotopic (exact) mass is 271 g/mol. The largest absolute Gasteiger partial charge is 0.481 e. The van der Waals surface area contributed by atoms with Crippen molar-refractivity contribution in [2.24, 2.45) is 0 Å². The van der Waals surface area contributed by atoms with Gasteiger partial charge in [-0.1, -0.05) is 11.6 Å². The number of ether oxygens (including phenoxy) is 2. The molecule has 1 fully saturated rings. The van der Waals surface area contributed by atoms with Crippen LogP contribution in [0.25, 0.3) is 0 Å². The SMILES string of the molecule is COc1cc(Cl)nc(NC(=O)CC2CCCO2)n1. The van der Waals surface area contributed by atoms with E-state index in [-0.39, 0.29) is 23.1 Å². The minimum atomic E-state index is -0.189. The number of carbonyl (C=O) groups excluding carboxylic acids is 1. The summed E-state index contributed by atoms with van der Waals surface area (Å²) >= 11 is 5.78. The molecule has 6 nitrogen and oxygen atoms in total. The van der Waals surface area contributed by atoms with E-state index in [1.807, 2.05) is 0 Å². The van der Waals surface area contributed by atoms with E-state index in [1.165, 1.54) is 13.2 Å². The first-order chi connectivity index (χ1) is 8.67. The Morgan fingerprint density at radius 1 is 1.67 bits per heavy atom. The third-order valence-corrected chi connectivity index (χ3v) is 2.76. The van der Waals surface area contributed by atoms with E-state index in [1.54, 1.807) is 0 Å². The third kappa shape index (κ3) is 3.54. The van der Waals surface area contributed by atoms with Crippen molar-refractivity contribution in [1.82, 2.24) is 9.97 Å². The van der Waals surface area contributed by atoms with E-state index in [9.17, 15) is 4.79 Å². The standard InChI is InChI=1S/C11H14ClN3O3/c1-17-10-6-8(12)13-11(15-10)14-9(16)5-7-3-2-4-18-7/h6-7H,2-5H2,1H3,(H,13,14,15,16). The summed E-state index contributed by atoms with van der Waals surface area (Å²) in [6.45, 7) is 0.722. The van der Waals surface area contributed by atoms with Crippen molar-refractivity contribution in [3.8, 4) is 5.88 Å². The highest BCUT2D eigenvalue weighted by Crippen LogP contribution is 2.18. The van der Waals surface area contributed by atoms with Gasteiger partial charge in [0.25, 0.3) is 0 Å². The summed E-state index contributed by atoms with van der Waals surface area (Å²) in [5.74, 6) is 0.260. The quantitative estimate of drug-likeness (QED) is 0.843. The maximum atomic E-state index is 11.7. The molecular formula is C11H14ClN3O3. The normalized spacial score (nSPS) is 18.7. The lowest BCUT2D eigenvalue weighted by molar-refractivity contribution is -0.118. The summed E-state index contributed by atoms with van der Waals surface area (Å²) < 4.78 is 10.3. The van der Waals surface area contributed by atoms with Crippen LogP contribution in [0.3, 0.4) is 0 Å². The Hall–Kier alpha value is -1.40. The molecule has 0 radical (unpaired) electrons. The Morgan fingerprint density at radius 2 is 2.50 bits per heavy atom. The van der Waals surface area contributed by atoms with Gasteiger partial charge in [-0.3, -0.25) is 10.1 Å². The van der Waals surface area contributed by atoms with Crippen molar-refractivity contribution < 1.29 is 14.3 Å². The lowest BCUT2D eigenvalue weighted by Crippen LogP contribution is -2.20. The molecule has 1 aliphatic heterocycles. The first-order valence-electron chi connectivity index (χ1n) is 5.67. The van der Waals surface area contributed by atoms with E-state index < -0.39 is 0 Å². The van der Waals surface area contributed by atoms with Crippen LogP contribution in [0, 0.1) is 0 Å². The number of hydrogen-bond donors (Lipinski definition) is 1. The summed E-state index contributed by atoms with van der Waals surface area (Å²) in [5.41, 5.74) is 0. The van der Waals surface area contributed by atoms with Crippen LogP contribution in [0.1, 0.15) is 19.3 Å². The molecule has 7 heteroatoms. The molecule has 1 atom stereocenters. The number of methoxy groups -OCH3 is 1. The van der Waals surface area contributed by atoms with Crippen LogP contribution in [0.5, 0.6) is 5.88 Å². The zero-order valence-corrected chi connectivity index (χ0v) is 10.7. The molecule has 1 saturated heterocycles. The van der Waals surface area contributed by atoms with Crippen LogP contribution in [0.15, 0.2) is 6.07 Å². The first kappa shape index (κ1) is 13.0. The summed E-state index contributed by atoms with van der Waals surface area (Å²) in [7, 11) is 1.47. The van der Waals surface area contributed by atoms with Gasteiger partial charge in [0.05, 0.1) is 19.6 Å². The Balaban J connectivity index is 1.95. The van der Waals surface area contributed by atoms with E-state index in [0.29, 0.717) is 12.3 Å². The van der Waals surface area contributed by atoms with E-state index in [4.69, 9.17) is 21.1 Å². The zero-order valence-electron chi connectivity index (χ0n) is 9.98. The minimum absolute atomic E-state index is 0.00826. The second kappa shape index (κ2) is 5.97. The lowest BCUT2D eigenvalue weighted by atomic mass is 10.2. The average molecular weight is 272 g/mol. The van der Waals surface area contributed by atoms with Crippen LogP contribution >= 0.6 is 11.6 Å². The number of amides is 1. The van der Waals surface area contributed by atoms with E-state index in [0.717, 1.165) is 19.4 Å². The van der Waals surface area contributed by atoms with Crippen LogP contribution < -0.4 is 10.1 Å². The maximum absolute atomic E-state index is 11.7. The van der Waals surface area contributed by atoms with Gasteiger partial charge in [-0.25, -0.2) is 4.98 Å². The fourth-order valence-corrected chi connectivity index (χ4v) is 1.92. The number of hydrogen-bond acceptors (Lipinski definition) is 5. The molecule has 18 heavy (non-hydrogen) atoms. The second-order valence-corrected chi connectivity index (χ2v) is 4.33. The van der Waals surface area contributed by atoms with Crippen LogP contribution in [-0.4, -0.2) is 35.7 Å². The Kier molecular flexibility index (Phi) is 4.33. The van der Waals surface area contributed by atoms with Crippen LogP contribution in [0.2, 0.25) is 5.15 Å². The van der Waals surface area contributed by atoms with Crippen molar-refractivity contribution in [3.05, 3.63) is 11.2 Å². The van der Waals surface area contributed by atoms with Gasteiger partial charge in [0, 0.05) is 12.7 Å². The summed E-state index contributed by atoms with van der Waals surface area (Å²) in [6.07, 6.45) is 2.20. The zero-order chi connectivity index (χ0) is 13.0. The second-order valence-electron chi connectivity index (χ2n) is 3.94. The Bertz CT molecular complexity index is 436. The molecule has 1 aromatic heterocycles. The molecule has 0 spiro atoms. The van der Waals surface area contributed by atoms with Crippen LogP contribution in [0.4, 0.5) is 5.95 Å². The van der Waals surface area contributed by atoms with Crippen molar-refractivity contribution in [1.29, 1.82) is 0 Å². The molecule has 1 unspecified atom stereocenters. The number of nitrogens with one attached hydrogen (secondary N) is 1. The van der Waals surface area contributed by atoms with Gasteiger partial charge in [0.2, 0.25) is 17.7 Å². The van der Waals surface area contributed by atoms with Gasteiger partial charge in [0.15, 0.2) is 0 Å². The van der Waals surface area contributed by atoms with Crippen molar-refractivity contribution >= 4 is 23.5 Å². The van der Waals surface area contributed by atoms with Gasteiger partial charge in [0.1, 0.15) is 5.15 Å². The topological polar surface area (TPSA) is 73.3 Å². The average Bonchev–Trinajstić information content (AvgIpc) is 2.80. The lowest BCUT2D eigenvalue weighted by Gasteiger charge is -2.09. The van der Waals surface area contributed by atoms with Gasteiger partial charge >= 0.3 is 0 Å². The van der Waals surface area contributed by atoms with Gasteiger partial charge in [-0.15, -0.1) is 0 Å². The van der Waals surface area contributed by atoms with Crippen LogP contribution in [-0.2, 0) is 9.53 Å². The number of aromatic nitrogens is 2. The predicted octanol–water partition coefficient (Wildman–Crippen LogP) is 1.65. The fourth-order valence-electron chi connectivity index (χ4n) is 1.75. The van der Waals surface area contributed by atoms with E-state index >= 15 is 0 Å². The highest BCUT2D eigenvalue weighted by atomic mass is 35.5. The number of carbonyl (C=O) groups is 1. The van der Waals surface area contributed by atoms with Crippen molar-refractivity contribution in [3.63, 3.8) is 0 Å². The molecular weight excluding hydrogens is 258 g/mol. The number of anilines is 1. The summed E-state index contributed by atoms with van der Waals surface area (Å²) in [5, 5.41) is 2.80. The molecule has 0 aromatic carbocycles. The van der Waals surface area contributed by atoms with Crippen molar-refractivity contribution in [2.75, 3.05) is 19.0 Å². The molecule has 0 aliphatic carbocycles. The molecule has 1 aromatic rings.